The molecular formula is C14H20N2. The zero-order valence-corrected chi connectivity index (χ0v) is 9.73. The fraction of sp³-hybridized carbons (Fsp3) is 0.571. The molecule has 2 N–H and O–H groups in total. The van der Waals surface area contributed by atoms with Crippen molar-refractivity contribution in [2.75, 3.05) is 6.54 Å². The second-order valence-corrected chi connectivity index (χ2v) is 5.20. The van der Waals surface area contributed by atoms with E-state index in [1.807, 2.05) is 0 Å². The smallest absolute Gasteiger partial charge is 0.0236 e. The van der Waals surface area contributed by atoms with Crippen LogP contribution in [0.25, 0.3) is 0 Å². The van der Waals surface area contributed by atoms with Gasteiger partial charge in [0.1, 0.15) is 0 Å². The van der Waals surface area contributed by atoms with Gasteiger partial charge in [-0.25, -0.2) is 0 Å². The third-order valence-corrected chi connectivity index (χ3v) is 3.99. The summed E-state index contributed by atoms with van der Waals surface area (Å²) >= 11 is 0. The van der Waals surface area contributed by atoms with Crippen LogP contribution in [0.4, 0.5) is 0 Å². The van der Waals surface area contributed by atoms with Crippen LogP contribution in [0.2, 0.25) is 0 Å². The van der Waals surface area contributed by atoms with Gasteiger partial charge in [0.05, 0.1) is 0 Å². The van der Waals surface area contributed by atoms with Crippen molar-refractivity contribution in [1.29, 1.82) is 0 Å². The Hall–Kier alpha value is -0.860. The summed E-state index contributed by atoms with van der Waals surface area (Å²) in [6, 6.07) is 9.62. The zero-order chi connectivity index (χ0) is 11.0. The lowest BCUT2D eigenvalue weighted by Gasteiger charge is -2.26. The molecule has 2 heteroatoms. The summed E-state index contributed by atoms with van der Waals surface area (Å²) in [7, 11) is 0. The van der Waals surface area contributed by atoms with Gasteiger partial charge in [-0.2, -0.15) is 0 Å². The van der Waals surface area contributed by atoms with E-state index in [2.05, 4.69) is 29.2 Å². The van der Waals surface area contributed by atoms with E-state index in [1.54, 1.807) is 0 Å². The fourth-order valence-corrected chi connectivity index (χ4v) is 3.00. The van der Waals surface area contributed by atoms with Crippen LogP contribution in [0, 0.1) is 5.92 Å². The maximum Gasteiger partial charge on any atom is 0.0236 e. The van der Waals surface area contributed by atoms with Crippen molar-refractivity contribution in [2.45, 2.75) is 38.4 Å². The second kappa shape index (κ2) is 4.19. The van der Waals surface area contributed by atoms with Crippen molar-refractivity contribution in [1.82, 2.24) is 4.90 Å². The lowest BCUT2D eigenvalue weighted by atomic mass is 10.1. The Morgan fingerprint density at radius 1 is 1.31 bits per heavy atom. The van der Waals surface area contributed by atoms with Crippen LogP contribution in [-0.2, 0) is 13.1 Å². The fourth-order valence-electron chi connectivity index (χ4n) is 3.00. The molecule has 1 heterocycles. The molecule has 0 spiro atoms. The Labute approximate surface area is 97.4 Å². The first-order valence-corrected chi connectivity index (χ1v) is 6.39. The lowest BCUT2D eigenvalue weighted by Crippen LogP contribution is -2.31. The molecule has 0 radical (unpaired) electrons. The summed E-state index contributed by atoms with van der Waals surface area (Å²) in [4.78, 5) is 2.66. The zero-order valence-electron chi connectivity index (χ0n) is 9.73. The van der Waals surface area contributed by atoms with Gasteiger partial charge in [0.25, 0.3) is 0 Å². The minimum Gasteiger partial charge on any atom is -0.326 e. The predicted octanol–water partition coefficient (Wildman–Crippen LogP) is 2.13. The monoisotopic (exact) mass is 216 g/mol. The van der Waals surface area contributed by atoms with E-state index in [0.29, 0.717) is 6.54 Å². The molecule has 2 nitrogen and oxygen atoms in total. The maximum atomic E-state index is 5.67. The van der Waals surface area contributed by atoms with Crippen molar-refractivity contribution >= 4 is 0 Å². The van der Waals surface area contributed by atoms with Crippen LogP contribution in [0.15, 0.2) is 24.3 Å². The summed E-state index contributed by atoms with van der Waals surface area (Å²) in [6.07, 6.45) is 4.29. The number of piperidine rings is 1. The Bertz CT molecular complexity index is 375. The highest BCUT2D eigenvalue weighted by Gasteiger charge is 2.43. The molecule has 2 fully saturated rings. The second-order valence-electron chi connectivity index (χ2n) is 5.20. The molecule has 0 bridgehead atoms. The van der Waals surface area contributed by atoms with Crippen LogP contribution in [0.5, 0.6) is 0 Å². The molecule has 2 atom stereocenters. The molecule has 1 aliphatic heterocycles. The maximum absolute atomic E-state index is 5.67. The highest BCUT2D eigenvalue weighted by Crippen LogP contribution is 2.43. The standard InChI is InChI=1S/C14H20N2/c15-9-11-3-1-4-12(7-11)10-16-6-2-5-13-8-14(13)16/h1,3-4,7,13-14H,2,5-6,8-10,15H2. The van der Waals surface area contributed by atoms with Gasteiger partial charge in [-0.15, -0.1) is 0 Å². The van der Waals surface area contributed by atoms with Gasteiger partial charge in [-0.05, 0) is 42.9 Å². The predicted molar refractivity (Wildman–Crippen MR) is 65.9 cm³/mol. The van der Waals surface area contributed by atoms with Gasteiger partial charge in [0.2, 0.25) is 0 Å². The number of nitrogens with two attached hydrogens (primary N) is 1. The third kappa shape index (κ3) is 2.00. The SMILES string of the molecule is NCc1cccc(CN2CCCC3CC32)c1. The minimum atomic E-state index is 0.653. The summed E-state index contributed by atoms with van der Waals surface area (Å²) in [6.45, 7) is 3.06. The van der Waals surface area contributed by atoms with Crippen LogP contribution in [0.3, 0.4) is 0 Å². The van der Waals surface area contributed by atoms with Gasteiger partial charge < -0.3 is 5.73 Å². The largest absolute Gasteiger partial charge is 0.326 e. The summed E-state index contributed by atoms with van der Waals surface area (Å²) in [5, 5.41) is 0. The average Bonchev–Trinajstić information content (AvgIpc) is 3.10. The summed E-state index contributed by atoms with van der Waals surface area (Å²) in [5.41, 5.74) is 8.35. The summed E-state index contributed by atoms with van der Waals surface area (Å²) < 4.78 is 0. The van der Waals surface area contributed by atoms with Gasteiger partial charge in [-0.3, -0.25) is 4.90 Å². The molecular weight excluding hydrogens is 196 g/mol. The number of nitrogens with zero attached hydrogens (tertiary/aromatic N) is 1. The highest BCUT2D eigenvalue weighted by molar-refractivity contribution is 5.23. The summed E-state index contributed by atoms with van der Waals surface area (Å²) in [5.74, 6) is 1.02. The van der Waals surface area contributed by atoms with Crippen LogP contribution >= 0.6 is 0 Å². The highest BCUT2D eigenvalue weighted by atomic mass is 15.2. The van der Waals surface area contributed by atoms with E-state index in [-0.39, 0.29) is 0 Å². The molecule has 0 amide bonds. The van der Waals surface area contributed by atoms with E-state index < -0.39 is 0 Å². The molecule has 1 aromatic rings. The number of hydrogen-bond donors (Lipinski definition) is 1. The van der Waals surface area contributed by atoms with Gasteiger partial charge in [-0.1, -0.05) is 24.3 Å². The number of likely N-dealkylation sites (tertiary alicyclic amines) is 1. The number of fused-ring (bicyclic) bond motifs is 1. The molecule has 1 saturated carbocycles. The van der Waals surface area contributed by atoms with Gasteiger partial charge in [0, 0.05) is 19.1 Å². The Kier molecular flexibility index (Phi) is 2.70. The van der Waals surface area contributed by atoms with Crippen molar-refractivity contribution in [3.8, 4) is 0 Å². The van der Waals surface area contributed by atoms with Crippen molar-refractivity contribution < 1.29 is 0 Å². The van der Waals surface area contributed by atoms with E-state index in [1.165, 1.54) is 36.9 Å². The van der Waals surface area contributed by atoms with Gasteiger partial charge >= 0.3 is 0 Å². The number of rotatable bonds is 3. The Morgan fingerprint density at radius 2 is 2.19 bits per heavy atom. The molecule has 16 heavy (non-hydrogen) atoms. The van der Waals surface area contributed by atoms with Crippen LogP contribution in [-0.4, -0.2) is 17.5 Å². The Balaban J connectivity index is 1.68. The van der Waals surface area contributed by atoms with Gasteiger partial charge in [0.15, 0.2) is 0 Å². The van der Waals surface area contributed by atoms with Crippen LogP contribution < -0.4 is 5.73 Å². The number of hydrogen-bond acceptors (Lipinski definition) is 2. The van der Waals surface area contributed by atoms with Crippen LogP contribution in [0.1, 0.15) is 30.4 Å². The molecule has 3 rings (SSSR count). The first-order chi connectivity index (χ1) is 7.86. The lowest BCUT2D eigenvalue weighted by molar-refractivity contribution is 0.207. The molecule has 1 saturated heterocycles. The van der Waals surface area contributed by atoms with Crippen molar-refractivity contribution in [3.63, 3.8) is 0 Å². The Morgan fingerprint density at radius 3 is 3.06 bits per heavy atom. The number of benzene rings is 1. The minimum absolute atomic E-state index is 0.653. The average molecular weight is 216 g/mol. The third-order valence-electron chi connectivity index (χ3n) is 3.99. The molecule has 2 aliphatic rings. The first-order valence-electron chi connectivity index (χ1n) is 6.39. The molecule has 1 aliphatic carbocycles. The van der Waals surface area contributed by atoms with E-state index in [4.69, 9.17) is 5.73 Å². The molecule has 1 aromatic carbocycles. The first kappa shape index (κ1) is 10.3. The molecule has 86 valence electrons. The molecule has 2 unspecified atom stereocenters. The normalized spacial score (nSPS) is 28.8. The van der Waals surface area contributed by atoms with E-state index >= 15 is 0 Å². The molecule has 0 aromatic heterocycles. The topological polar surface area (TPSA) is 29.3 Å². The van der Waals surface area contributed by atoms with Crippen molar-refractivity contribution in [2.24, 2.45) is 11.7 Å². The van der Waals surface area contributed by atoms with E-state index in [0.717, 1.165) is 18.5 Å². The quantitative estimate of drug-likeness (QED) is 0.838. The van der Waals surface area contributed by atoms with Crippen molar-refractivity contribution in [3.05, 3.63) is 35.4 Å². The van der Waals surface area contributed by atoms with E-state index in [9.17, 15) is 0 Å².